The highest BCUT2D eigenvalue weighted by Crippen LogP contribution is 2.18. The highest BCUT2D eigenvalue weighted by atomic mass is 79.9. The van der Waals surface area contributed by atoms with Crippen LogP contribution in [0.25, 0.3) is 0 Å². The first-order valence-corrected chi connectivity index (χ1v) is 8.36. The van der Waals surface area contributed by atoms with Gasteiger partial charge >= 0.3 is 0 Å². The van der Waals surface area contributed by atoms with Crippen molar-refractivity contribution >= 4 is 21.8 Å². The van der Waals surface area contributed by atoms with Gasteiger partial charge in [-0.2, -0.15) is 0 Å². The van der Waals surface area contributed by atoms with E-state index in [0.717, 1.165) is 36.8 Å². The molecular formula is C16H22BrFN2O. The van der Waals surface area contributed by atoms with E-state index < -0.39 is 0 Å². The molecule has 1 aliphatic heterocycles. The van der Waals surface area contributed by atoms with Crippen LogP contribution in [-0.2, 0) is 11.2 Å². The van der Waals surface area contributed by atoms with Crippen LogP contribution in [0.3, 0.4) is 0 Å². The third kappa shape index (κ3) is 5.75. The topological polar surface area (TPSA) is 41.1 Å². The summed E-state index contributed by atoms with van der Waals surface area (Å²) < 4.78 is 14.4. The van der Waals surface area contributed by atoms with E-state index in [1.165, 1.54) is 6.07 Å². The summed E-state index contributed by atoms with van der Waals surface area (Å²) in [7, 11) is 0. The second kappa shape index (κ2) is 8.49. The van der Waals surface area contributed by atoms with Gasteiger partial charge in [-0.25, -0.2) is 4.39 Å². The number of piperidine rings is 1. The molecule has 1 amide bonds. The number of hydrogen-bond acceptors (Lipinski definition) is 2. The fourth-order valence-corrected chi connectivity index (χ4v) is 3.07. The van der Waals surface area contributed by atoms with Crippen molar-refractivity contribution in [2.45, 2.75) is 32.1 Å². The molecule has 1 heterocycles. The highest BCUT2D eigenvalue weighted by Gasteiger charge is 2.14. The van der Waals surface area contributed by atoms with Gasteiger partial charge in [0.1, 0.15) is 5.82 Å². The fourth-order valence-electron chi connectivity index (χ4n) is 2.67. The Morgan fingerprint density at radius 1 is 1.38 bits per heavy atom. The van der Waals surface area contributed by atoms with Crippen LogP contribution < -0.4 is 10.6 Å². The lowest BCUT2D eigenvalue weighted by atomic mass is 9.93. The van der Waals surface area contributed by atoms with Crippen molar-refractivity contribution in [3.05, 3.63) is 34.1 Å². The van der Waals surface area contributed by atoms with E-state index in [1.54, 1.807) is 12.1 Å². The first-order valence-electron chi connectivity index (χ1n) is 7.56. The Labute approximate surface area is 133 Å². The van der Waals surface area contributed by atoms with Crippen molar-refractivity contribution in [2.75, 3.05) is 19.6 Å². The summed E-state index contributed by atoms with van der Waals surface area (Å²) in [5.41, 5.74) is 0.628. The highest BCUT2D eigenvalue weighted by molar-refractivity contribution is 9.10. The summed E-state index contributed by atoms with van der Waals surface area (Å²) in [6.45, 7) is 2.61. The molecule has 2 rings (SSSR count). The van der Waals surface area contributed by atoms with Crippen LogP contribution in [0.4, 0.5) is 4.39 Å². The van der Waals surface area contributed by atoms with Crippen LogP contribution in [0.15, 0.2) is 22.7 Å². The molecule has 21 heavy (non-hydrogen) atoms. The minimum absolute atomic E-state index is 0.0731. The van der Waals surface area contributed by atoms with Gasteiger partial charge in [-0.3, -0.25) is 4.79 Å². The van der Waals surface area contributed by atoms with Gasteiger partial charge in [0.2, 0.25) is 5.91 Å². The lowest BCUT2D eigenvalue weighted by Crippen LogP contribution is -2.30. The maximum absolute atomic E-state index is 13.5. The molecular weight excluding hydrogens is 335 g/mol. The summed E-state index contributed by atoms with van der Waals surface area (Å²) in [5.74, 6) is 0.519. The van der Waals surface area contributed by atoms with Gasteiger partial charge in [-0.1, -0.05) is 15.9 Å². The second-order valence-electron chi connectivity index (χ2n) is 5.57. The summed E-state index contributed by atoms with van der Waals surface area (Å²) in [5, 5.41) is 6.21. The summed E-state index contributed by atoms with van der Waals surface area (Å²) in [6.07, 6.45) is 4.38. The predicted molar refractivity (Wildman–Crippen MR) is 85.6 cm³/mol. The molecule has 0 aromatic heterocycles. The largest absolute Gasteiger partial charge is 0.356 e. The van der Waals surface area contributed by atoms with Crippen molar-refractivity contribution < 1.29 is 9.18 Å². The zero-order chi connectivity index (χ0) is 15.1. The van der Waals surface area contributed by atoms with Crippen molar-refractivity contribution in [1.82, 2.24) is 10.6 Å². The van der Waals surface area contributed by atoms with Gasteiger partial charge in [0.15, 0.2) is 0 Å². The normalized spacial score (nSPS) is 15.9. The molecule has 0 bridgehead atoms. The molecule has 0 saturated carbocycles. The van der Waals surface area contributed by atoms with Crippen molar-refractivity contribution in [2.24, 2.45) is 5.92 Å². The third-order valence-electron chi connectivity index (χ3n) is 3.96. The maximum atomic E-state index is 13.5. The van der Waals surface area contributed by atoms with Gasteiger partial charge in [0, 0.05) is 17.4 Å². The SMILES string of the molecule is O=C(CCC1CCNCC1)NCCc1cc(Br)ccc1F. The standard InChI is InChI=1S/C16H22BrFN2O/c17-14-2-3-15(18)13(11-14)7-10-20-16(21)4-1-12-5-8-19-9-6-12/h2-3,11-12,19H,1,4-10H2,(H,20,21). The summed E-state index contributed by atoms with van der Waals surface area (Å²) in [6, 6.07) is 4.88. The molecule has 0 unspecified atom stereocenters. The number of carbonyl (C=O) groups is 1. The molecule has 0 atom stereocenters. The van der Waals surface area contributed by atoms with Gasteiger partial charge < -0.3 is 10.6 Å². The van der Waals surface area contributed by atoms with E-state index in [4.69, 9.17) is 0 Å². The van der Waals surface area contributed by atoms with Crippen LogP contribution in [0, 0.1) is 11.7 Å². The van der Waals surface area contributed by atoms with E-state index >= 15 is 0 Å². The third-order valence-corrected chi connectivity index (χ3v) is 4.46. The first-order chi connectivity index (χ1) is 10.1. The fraction of sp³-hybridized carbons (Fsp3) is 0.562. The monoisotopic (exact) mass is 356 g/mol. The Balaban J connectivity index is 1.65. The Kier molecular flexibility index (Phi) is 6.64. The molecule has 3 nitrogen and oxygen atoms in total. The number of rotatable bonds is 6. The number of benzene rings is 1. The quantitative estimate of drug-likeness (QED) is 0.822. The van der Waals surface area contributed by atoms with Crippen LogP contribution >= 0.6 is 15.9 Å². The van der Waals surface area contributed by atoms with E-state index in [2.05, 4.69) is 26.6 Å². The molecule has 116 valence electrons. The zero-order valence-corrected chi connectivity index (χ0v) is 13.7. The average molecular weight is 357 g/mol. The van der Waals surface area contributed by atoms with Crippen molar-refractivity contribution in [1.29, 1.82) is 0 Å². The Morgan fingerprint density at radius 2 is 2.14 bits per heavy atom. The molecule has 2 N–H and O–H groups in total. The van der Waals surface area contributed by atoms with Crippen LogP contribution in [-0.4, -0.2) is 25.5 Å². The molecule has 5 heteroatoms. The summed E-state index contributed by atoms with van der Waals surface area (Å²) in [4.78, 5) is 11.8. The van der Waals surface area contributed by atoms with E-state index in [9.17, 15) is 9.18 Å². The van der Waals surface area contributed by atoms with E-state index in [-0.39, 0.29) is 11.7 Å². The minimum Gasteiger partial charge on any atom is -0.356 e. The van der Waals surface area contributed by atoms with Gasteiger partial charge in [-0.05, 0) is 68.5 Å². The lowest BCUT2D eigenvalue weighted by Gasteiger charge is -2.22. The molecule has 0 radical (unpaired) electrons. The minimum atomic E-state index is -0.220. The van der Waals surface area contributed by atoms with Crippen molar-refractivity contribution in [3.63, 3.8) is 0 Å². The van der Waals surface area contributed by atoms with Crippen molar-refractivity contribution in [3.8, 4) is 0 Å². The number of halogens is 2. The number of nitrogens with one attached hydrogen (secondary N) is 2. The van der Waals surface area contributed by atoms with Crippen LogP contribution in [0.1, 0.15) is 31.2 Å². The van der Waals surface area contributed by atoms with E-state index in [0.29, 0.717) is 30.9 Å². The second-order valence-corrected chi connectivity index (χ2v) is 6.48. The maximum Gasteiger partial charge on any atom is 0.220 e. The lowest BCUT2D eigenvalue weighted by molar-refractivity contribution is -0.121. The zero-order valence-electron chi connectivity index (χ0n) is 12.1. The smallest absolute Gasteiger partial charge is 0.220 e. The number of hydrogen-bond donors (Lipinski definition) is 2. The molecule has 0 aliphatic carbocycles. The first kappa shape index (κ1) is 16.4. The predicted octanol–water partition coefficient (Wildman–Crippen LogP) is 3.03. The Morgan fingerprint density at radius 3 is 2.90 bits per heavy atom. The molecule has 1 fully saturated rings. The molecule has 1 aromatic carbocycles. The van der Waals surface area contributed by atoms with Crippen LogP contribution in [0.2, 0.25) is 0 Å². The molecule has 1 aliphatic rings. The van der Waals surface area contributed by atoms with Gasteiger partial charge in [0.05, 0.1) is 0 Å². The van der Waals surface area contributed by atoms with Crippen LogP contribution in [0.5, 0.6) is 0 Å². The molecule has 0 spiro atoms. The Hall–Kier alpha value is -0.940. The average Bonchev–Trinajstić information content (AvgIpc) is 2.50. The summed E-state index contributed by atoms with van der Waals surface area (Å²) >= 11 is 3.33. The number of amides is 1. The molecule has 1 aromatic rings. The number of carbonyl (C=O) groups excluding carboxylic acids is 1. The molecule has 1 saturated heterocycles. The van der Waals surface area contributed by atoms with E-state index in [1.807, 2.05) is 0 Å². The van der Waals surface area contributed by atoms with Gasteiger partial charge in [0.25, 0.3) is 0 Å². The Bertz CT molecular complexity index is 475. The van der Waals surface area contributed by atoms with Gasteiger partial charge in [-0.15, -0.1) is 0 Å².